The molecule has 0 aliphatic carbocycles. The number of nitro groups is 1. The smallest absolute Gasteiger partial charge is 0.264 e. The van der Waals surface area contributed by atoms with Crippen LogP contribution in [0.3, 0.4) is 0 Å². The Labute approximate surface area is 102 Å². The average molecular weight is 240 g/mol. The molecule has 0 unspecified atom stereocenters. The summed E-state index contributed by atoms with van der Waals surface area (Å²) >= 11 is 0. The van der Waals surface area contributed by atoms with E-state index in [1.807, 2.05) is 0 Å². The largest absolute Gasteiger partial charge is 0.277 e. The number of fused-ring (bicyclic) bond motifs is 1. The lowest BCUT2D eigenvalue weighted by Gasteiger charge is -2.06. The van der Waals surface area contributed by atoms with Gasteiger partial charge in [0.2, 0.25) is 0 Å². The van der Waals surface area contributed by atoms with E-state index in [-0.39, 0.29) is 5.69 Å². The van der Waals surface area contributed by atoms with Gasteiger partial charge in [-0.15, -0.1) is 0 Å². The fourth-order valence-corrected chi connectivity index (χ4v) is 1.93. The summed E-state index contributed by atoms with van der Waals surface area (Å²) in [6, 6.07) is 6.60. The van der Waals surface area contributed by atoms with Crippen molar-refractivity contribution in [2.24, 2.45) is 0 Å². The summed E-state index contributed by atoms with van der Waals surface area (Å²) in [5, 5.41) is 16.4. The van der Waals surface area contributed by atoms with E-state index in [0.717, 1.165) is 5.69 Å². The lowest BCUT2D eigenvalue weighted by molar-refractivity contribution is -0.383. The van der Waals surface area contributed by atoms with Crippen molar-refractivity contribution in [3.05, 3.63) is 59.2 Å². The zero-order valence-corrected chi connectivity index (χ0v) is 9.22. The normalized spacial score (nSPS) is 10.7. The molecule has 0 N–H and O–H groups in total. The predicted molar refractivity (Wildman–Crippen MR) is 65.5 cm³/mol. The zero-order chi connectivity index (χ0) is 12.5. The molecule has 0 spiro atoms. The second kappa shape index (κ2) is 3.92. The topological polar surface area (TPSA) is 73.8 Å². The van der Waals surface area contributed by atoms with Crippen molar-refractivity contribution in [1.82, 2.24) is 14.8 Å². The highest BCUT2D eigenvalue weighted by Gasteiger charge is 2.14. The summed E-state index contributed by atoms with van der Waals surface area (Å²) in [6.45, 7) is 0. The Balaban J connectivity index is 2.37. The highest BCUT2D eigenvalue weighted by molar-refractivity contribution is 5.96. The molecule has 0 aliphatic rings. The zero-order valence-electron chi connectivity index (χ0n) is 9.22. The van der Waals surface area contributed by atoms with Gasteiger partial charge in [-0.2, -0.15) is 5.10 Å². The molecule has 0 bridgehead atoms. The van der Waals surface area contributed by atoms with E-state index < -0.39 is 4.92 Å². The molecule has 2 aromatic heterocycles. The predicted octanol–water partition coefficient (Wildman–Crippen LogP) is 2.33. The van der Waals surface area contributed by atoms with Crippen LogP contribution in [-0.2, 0) is 0 Å². The van der Waals surface area contributed by atoms with E-state index in [4.69, 9.17) is 0 Å². The van der Waals surface area contributed by atoms with Gasteiger partial charge >= 0.3 is 0 Å². The summed E-state index contributed by atoms with van der Waals surface area (Å²) in [5.41, 5.74) is 0.844. The molecule has 0 saturated carbocycles. The summed E-state index contributed by atoms with van der Waals surface area (Å²) in [4.78, 5) is 14.6. The third-order valence-corrected chi connectivity index (χ3v) is 2.72. The van der Waals surface area contributed by atoms with Crippen molar-refractivity contribution in [1.29, 1.82) is 0 Å². The first-order valence-electron chi connectivity index (χ1n) is 5.28. The fourth-order valence-electron chi connectivity index (χ4n) is 1.93. The second-order valence-electron chi connectivity index (χ2n) is 3.73. The second-order valence-corrected chi connectivity index (χ2v) is 3.73. The van der Waals surface area contributed by atoms with Crippen LogP contribution in [0, 0.1) is 10.1 Å². The van der Waals surface area contributed by atoms with Crippen LogP contribution in [0.4, 0.5) is 5.69 Å². The summed E-state index contributed by atoms with van der Waals surface area (Å²) < 4.78 is 1.66. The molecule has 1 aromatic carbocycles. The Bertz CT molecular complexity index is 722. The number of nitrogens with zero attached hydrogens (tertiary/aromatic N) is 4. The number of rotatable bonds is 2. The monoisotopic (exact) mass is 240 g/mol. The van der Waals surface area contributed by atoms with Gasteiger partial charge in [0.1, 0.15) is 0 Å². The Morgan fingerprint density at radius 2 is 2.06 bits per heavy atom. The molecule has 2 heterocycles. The minimum Gasteiger partial charge on any atom is -0.264 e. The molecule has 3 aromatic rings. The van der Waals surface area contributed by atoms with E-state index in [0.29, 0.717) is 10.8 Å². The highest BCUT2D eigenvalue weighted by atomic mass is 16.6. The molecule has 0 fully saturated rings. The van der Waals surface area contributed by atoms with E-state index in [9.17, 15) is 10.1 Å². The van der Waals surface area contributed by atoms with Crippen molar-refractivity contribution >= 4 is 16.5 Å². The Morgan fingerprint density at radius 3 is 2.78 bits per heavy atom. The first kappa shape index (κ1) is 10.4. The van der Waals surface area contributed by atoms with Gasteiger partial charge in [-0.05, 0) is 18.2 Å². The molecule has 3 rings (SSSR count). The molecule has 0 atom stereocenters. The minimum atomic E-state index is -0.394. The van der Waals surface area contributed by atoms with Gasteiger partial charge < -0.3 is 0 Å². The highest BCUT2D eigenvalue weighted by Crippen LogP contribution is 2.29. The molecule has 0 radical (unpaired) electrons. The quantitative estimate of drug-likeness (QED) is 0.509. The number of pyridine rings is 1. The average Bonchev–Trinajstić information content (AvgIpc) is 2.91. The minimum absolute atomic E-state index is 0.0725. The van der Waals surface area contributed by atoms with Gasteiger partial charge in [-0.25, -0.2) is 4.68 Å². The van der Waals surface area contributed by atoms with Crippen LogP contribution in [0.15, 0.2) is 49.1 Å². The third-order valence-electron chi connectivity index (χ3n) is 2.72. The van der Waals surface area contributed by atoms with Gasteiger partial charge in [0.05, 0.1) is 16.0 Å². The summed E-state index contributed by atoms with van der Waals surface area (Å²) in [6.07, 6.45) is 6.60. The van der Waals surface area contributed by atoms with E-state index in [1.165, 1.54) is 6.07 Å². The van der Waals surface area contributed by atoms with Crippen molar-refractivity contribution in [2.75, 3.05) is 0 Å². The lowest BCUT2D eigenvalue weighted by atomic mass is 10.1. The maximum atomic E-state index is 11.0. The molecule has 0 aliphatic heterocycles. The Kier molecular flexibility index (Phi) is 2.26. The van der Waals surface area contributed by atoms with Crippen LogP contribution in [0.2, 0.25) is 0 Å². The van der Waals surface area contributed by atoms with Crippen molar-refractivity contribution in [3.8, 4) is 5.69 Å². The summed E-state index contributed by atoms with van der Waals surface area (Å²) in [5.74, 6) is 0. The number of non-ortho nitro benzene ring substituents is 1. The van der Waals surface area contributed by atoms with Gasteiger partial charge in [0.25, 0.3) is 5.69 Å². The molecule has 0 amide bonds. The maximum Gasteiger partial charge on any atom is 0.277 e. The van der Waals surface area contributed by atoms with Crippen LogP contribution < -0.4 is 0 Å². The SMILES string of the molecule is O=[N+]([O-])c1ccc(-n2cccn2)c2cnccc12. The number of nitro benzene ring substituents is 1. The van der Waals surface area contributed by atoms with Crippen molar-refractivity contribution in [2.45, 2.75) is 0 Å². The van der Waals surface area contributed by atoms with E-state index in [1.54, 1.807) is 47.7 Å². The molecular weight excluding hydrogens is 232 g/mol. The van der Waals surface area contributed by atoms with Gasteiger partial charge in [0, 0.05) is 36.2 Å². The fraction of sp³-hybridized carbons (Fsp3) is 0. The molecular formula is C12H8N4O2. The first-order valence-corrected chi connectivity index (χ1v) is 5.28. The number of benzene rings is 1. The van der Waals surface area contributed by atoms with Gasteiger partial charge in [-0.1, -0.05) is 0 Å². The first-order chi connectivity index (χ1) is 8.77. The summed E-state index contributed by atoms with van der Waals surface area (Å²) in [7, 11) is 0. The van der Waals surface area contributed by atoms with E-state index in [2.05, 4.69) is 10.1 Å². The lowest BCUT2D eigenvalue weighted by Crippen LogP contribution is -1.98. The maximum absolute atomic E-state index is 11.0. The van der Waals surface area contributed by atoms with Crippen LogP contribution in [0.25, 0.3) is 16.5 Å². The van der Waals surface area contributed by atoms with Gasteiger partial charge in [0.15, 0.2) is 0 Å². The number of hydrogen-bond donors (Lipinski definition) is 0. The molecule has 88 valence electrons. The van der Waals surface area contributed by atoms with Gasteiger partial charge in [-0.3, -0.25) is 15.1 Å². The van der Waals surface area contributed by atoms with Crippen molar-refractivity contribution in [3.63, 3.8) is 0 Å². The van der Waals surface area contributed by atoms with E-state index >= 15 is 0 Å². The Morgan fingerprint density at radius 1 is 1.17 bits per heavy atom. The van der Waals surface area contributed by atoms with Crippen LogP contribution in [-0.4, -0.2) is 19.7 Å². The van der Waals surface area contributed by atoms with Crippen LogP contribution in [0.1, 0.15) is 0 Å². The molecule has 6 nitrogen and oxygen atoms in total. The number of hydrogen-bond acceptors (Lipinski definition) is 4. The Hall–Kier alpha value is -2.76. The molecule has 0 saturated heterocycles. The molecule has 6 heteroatoms. The van der Waals surface area contributed by atoms with Crippen molar-refractivity contribution < 1.29 is 4.92 Å². The molecule has 18 heavy (non-hydrogen) atoms. The van der Waals surface area contributed by atoms with Crippen LogP contribution in [0.5, 0.6) is 0 Å². The third kappa shape index (κ3) is 1.51. The number of aromatic nitrogens is 3. The van der Waals surface area contributed by atoms with Crippen LogP contribution >= 0.6 is 0 Å². The standard InChI is InChI=1S/C12H8N4O2/c17-16(18)12-3-2-11(15-7-1-5-14-15)10-8-13-6-4-9(10)12/h1-8H.